The van der Waals surface area contributed by atoms with Gasteiger partial charge in [0.15, 0.2) is 6.04 Å². The van der Waals surface area contributed by atoms with E-state index in [1.807, 2.05) is 0 Å². The smallest absolute Gasteiger partial charge is 0.275 e. The number of hydrogen-bond acceptors (Lipinski definition) is 4. The summed E-state index contributed by atoms with van der Waals surface area (Å²) in [7, 11) is 2.66. The Morgan fingerprint density at radius 1 is 1.11 bits per heavy atom. The summed E-state index contributed by atoms with van der Waals surface area (Å²) in [6.07, 6.45) is 6.60. The number of nitrogens with one attached hydrogen (secondary N) is 2. The largest absolute Gasteiger partial charge is 0.357 e. The van der Waals surface area contributed by atoms with E-state index in [9.17, 15) is 14.4 Å². The van der Waals surface area contributed by atoms with Gasteiger partial charge in [-0.2, -0.15) is 0 Å². The lowest BCUT2D eigenvalue weighted by molar-refractivity contribution is -0.140. The van der Waals surface area contributed by atoms with Gasteiger partial charge in [-0.15, -0.1) is 0 Å². The van der Waals surface area contributed by atoms with E-state index in [1.165, 1.54) is 26.0 Å². The molecule has 0 radical (unpaired) electrons. The number of hydrogen-bond donors (Lipinski definition) is 3. The van der Waals surface area contributed by atoms with Crippen LogP contribution < -0.4 is 10.8 Å². The molecule has 142 valence electrons. The van der Waals surface area contributed by atoms with Gasteiger partial charge in [0.1, 0.15) is 0 Å². The van der Waals surface area contributed by atoms with Crippen LogP contribution in [0, 0.1) is 11.8 Å². The normalized spacial score (nSPS) is 14.1. The number of amides is 3. The topological polar surface area (TPSA) is 98.7 Å². The molecule has 3 N–H and O–H groups in total. The van der Waals surface area contributed by atoms with Crippen molar-refractivity contribution in [1.82, 2.24) is 15.7 Å². The molecule has 1 aliphatic carbocycles. The van der Waals surface area contributed by atoms with Crippen molar-refractivity contribution in [2.45, 2.75) is 31.7 Å². The summed E-state index contributed by atoms with van der Waals surface area (Å²) in [5.41, 5.74) is 3.63. The summed E-state index contributed by atoms with van der Waals surface area (Å²) in [5.74, 6) is 4.01. The van der Waals surface area contributed by atoms with Gasteiger partial charge in [-0.25, -0.2) is 5.48 Å². The van der Waals surface area contributed by atoms with Crippen molar-refractivity contribution < 1.29 is 19.6 Å². The van der Waals surface area contributed by atoms with Gasteiger partial charge in [0.05, 0.1) is 0 Å². The Morgan fingerprint density at radius 2 is 1.81 bits per heavy atom. The van der Waals surface area contributed by atoms with Crippen LogP contribution in [0.1, 0.15) is 41.6 Å². The fourth-order valence-electron chi connectivity index (χ4n) is 2.79. The number of nitrogens with zero attached hydrogens (tertiary/aromatic N) is 1. The summed E-state index contributed by atoms with van der Waals surface area (Å²) in [5, 5.41) is 11.1. The number of rotatable bonds is 4. The number of carbonyl (C=O) groups is 3. The van der Waals surface area contributed by atoms with Gasteiger partial charge in [-0.3, -0.25) is 19.6 Å². The van der Waals surface area contributed by atoms with E-state index in [1.54, 1.807) is 24.3 Å². The van der Waals surface area contributed by atoms with E-state index in [0.29, 0.717) is 5.56 Å². The zero-order chi connectivity index (χ0) is 19.8. The van der Waals surface area contributed by atoms with Gasteiger partial charge in [-0.1, -0.05) is 17.9 Å². The molecule has 0 saturated heterocycles. The number of carbonyl (C=O) groups excluding carboxylic acids is 3. The molecule has 1 unspecified atom stereocenters. The molecule has 1 aromatic carbocycles. The molecule has 0 fully saturated rings. The predicted octanol–water partition coefficient (Wildman–Crippen LogP) is 1.23. The van der Waals surface area contributed by atoms with E-state index < -0.39 is 23.8 Å². The zero-order valence-corrected chi connectivity index (χ0v) is 15.4. The van der Waals surface area contributed by atoms with Gasteiger partial charge < -0.3 is 10.2 Å². The molecule has 0 aliphatic heterocycles. The Labute approximate surface area is 158 Å². The Balaban J connectivity index is 2.14. The first-order valence-corrected chi connectivity index (χ1v) is 8.71. The predicted molar refractivity (Wildman–Crippen MR) is 99.7 cm³/mol. The van der Waals surface area contributed by atoms with Crippen molar-refractivity contribution in [3.8, 4) is 11.8 Å². The highest BCUT2D eigenvalue weighted by Gasteiger charge is 2.33. The third-order valence-corrected chi connectivity index (χ3v) is 4.35. The highest BCUT2D eigenvalue weighted by Crippen LogP contribution is 2.16. The number of benzene rings is 1. The maximum Gasteiger partial charge on any atom is 0.275 e. The Hall–Kier alpha value is -3.11. The van der Waals surface area contributed by atoms with Gasteiger partial charge in [0.25, 0.3) is 17.7 Å². The van der Waals surface area contributed by atoms with Crippen LogP contribution in [-0.2, 0) is 9.59 Å². The lowest BCUT2D eigenvalue weighted by atomic mass is 10.00. The number of likely N-dealkylation sites (N-methyl/N-ethyl adjacent to an activating group) is 2. The number of hydroxylamine groups is 1. The maximum atomic E-state index is 12.6. The average molecular weight is 369 g/mol. The highest BCUT2D eigenvalue weighted by molar-refractivity contribution is 6.08. The minimum atomic E-state index is -1.48. The summed E-state index contributed by atoms with van der Waals surface area (Å²) in [6.45, 7) is 0. The highest BCUT2D eigenvalue weighted by atomic mass is 16.5. The van der Waals surface area contributed by atoms with Crippen molar-refractivity contribution in [3.05, 3.63) is 47.0 Å². The number of allylic oxidation sites excluding steroid dienone is 2. The molecule has 1 aliphatic rings. The van der Waals surface area contributed by atoms with Crippen LogP contribution in [0.2, 0.25) is 0 Å². The third kappa shape index (κ3) is 5.19. The van der Waals surface area contributed by atoms with Gasteiger partial charge >= 0.3 is 0 Å². The SMILES string of the molecule is CNC(=O)C(C(=O)NO)N(C)C(=O)c1ccc(C#CC2=CCCCC2)cc1. The standard InChI is InChI=1S/C20H23N3O4/c1-21-18(24)17(19(25)22-27)23(2)20(26)16-12-10-15(11-13-16)9-8-14-6-4-3-5-7-14/h6,10-13,17,27H,3-5,7H2,1-2H3,(H,21,24)(H,22,25). The van der Waals surface area contributed by atoms with E-state index in [2.05, 4.69) is 23.2 Å². The second-order valence-electron chi connectivity index (χ2n) is 6.21. The lowest BCUT2D eigenvalue weighted by Gasteiger charge is -2.25. The van der Waals surface area contributed by atoms with Crippen molar-refractivity contribution in [3.63, 3.8) is 0 Å². The van der Waals surface area contributed by atoms with Crippen molar-refractivity contribution >= 4 is 17.7 Å². The van der Waals surface area contributed by atoms with Crippen LogP contribution in [0.3, 0.4) is 0 Å². The average Bonchev–Trinajstić information content (AvgIpc) is 2.72. The van der Waals surface area contributed by atoms with Crippen molar-refractivity contribution in [2.75, 3.05) is 14.1 Å². The van der Waals surface area contributed by atoms with Gasteiger partial charge in [-0.05, 0) is 55.5 Å². The molecule has 27 heavy (non-hydrogen) atoms. The summed E-state index contributed by atoms with van der Waals surface area (Å²) >= 11 is 0. The molecule has 0 heterocycles. The Kier molecular flexibility index (Phi) is 7.15. The van der Waals surface area contributed by atoms with Gasteiger partial charge in [0, 0.05) is 25.2 Å². The van der Waals surface area contributed by atoms with E-state index in [4.69, 9.17) is 5.21 Å². The first-order chi connectivity index (χ1) is 13.0. The first-order valence-electron chi connectivity index (χ1n) is 8.71. The van der Waals surface area contributed by atoms with Gasteiger partial charge in [0.2, 0.25) is 0 Å². The fraction of sp³-hybridized carbons (Fsp3) is 0.350. The molecule has 1 atom stereocenters. The Bertz CT molecular complexity index is 787. The van der Waals surface area contributed by atoms with E-state index in [-0.39, 0.29) is 0 Å². The molecule has 1 aromatic rings. The molecule has 0 spiro atoms. The van der Waals surface area contributed by atoms with Crippen LogP contribution in [0.5, 0.6) is 0 Å². The lowest BCUT2D eigenvalue weighted by Crippen LogP contribution is -2.54. The third-order valence-electron chi connectivity index (χ3n) is 4.35. The summed E-state index contributed by atoms with van der Waals surface area (Å²) in [6, 6.07) is 5.15. The van der Waals surface area contributed by atoms with Crippen LogP contribution in [-0.4, -0.2) is 48.0 Å². The van der Waals surface area contributed by atoms with Crippen LogP contribution in [0.25, 0.3) is 0 Å². The fourth-order valence-corrected chi connectivity index (χ4v) is 2.79. The summed E-state index contributed by atoms with van der Waals surface area (Å²) < 4.78 is 0. The van der Waals surface area contributed by atoms with Crippen molar-refractivity contribution in [1.29, 1.82) is 0 Å². The van der Waals surface area contributed by atoms with Crippen LogP contribution >= 0.6 is 0 Å². The maximum absolute atomic E-state index is 12.6. The second kappa shape index (κ2) is 9.55. The molecular formula is C20H23N3O4. The van der Waals surface area contributed by atoms with E-state index >= 15 is 0 Å². The molecule has 7 heteroatoms. The quantitative estimate of drug-likeness (QED) is 0.322. The summed E-state index contributed by atoms with van der Waals surface area (Å²) in [4.78, 5) is 37.2. The second-order valence-corrected chi connectivity index (χ2v) is 6.21. The van der Waals surface area contributed by atoms with Crippen LogP contribution in [0.15, 0.2) is 35.9 Å². The van der Waals surface area contributed by atoms with Crippen LogP contribution in [0.4, 0.5) is 0 Å². The zero-order valence-electron chi connectivity index (χ0n) is 15.4. The molecule has 0 aromatic heterocycles. The molecule has 3 amide bonds. The monoisotopic (exact) mass is 369 g/mol. The van der Waals surface area contributed by atoms with E-state index in [0.717, 1.165) is 35.3 Å². The minimum Gasteiger partial charge on any atom is -0.357 e. The molecule has 0 bridgehead atoms. The molecule has 7 nitrogen and oxygen atoms in total. The minimum absolute atomic E-state index is 0.305. The molecule has 0 saturated carbocycles. The first kappa shape index (κ1) is 20.2. The Morgan fingerprint density at radius 3 is 2.37 bits per heavy atom. The molecule has 2 rings (SSSR count). The van der Waals surface area contributed by atoms with Crippen molar-refractivity contribution in [2.24, 2.45) is 0 Å². The molecular weight excluding hydrogens is 346 g/mol.